The minimum atomic E-state index is -0.174. The van der Waals surface area contributed by atoms with Crippen LogP contribution in [-0.2, 0) is 6.54 Å². The number of aryl methyl sites for hydroxylation is 2. The van der Waals surface area contributed by atoms with Crippen LogP contribution in [0.5, 0.6) is 0 Å². The number of hydrogen-bond donors (Lipinski definition) is 1. The summed E-state index contributed by atoms with van der Waals surface area (Å²) < 4.78 is 0. The van der Waals surface area contributed by atoms with E-state index in [1.54, 1.807) is 14.1 Å². The summed E-state index contributed by atoms with van der Waals surface area (Å²) in [7, 11) is 3.43. The Morgan fingerprint density at radius 3 is 2.59 bits per heavy atom. The van der Waals surface area contributed by atoms with Crippen LogP contribution in [0.25, 0.3) is 0 Å². The number of nitrogens with zero attached hydrogens (tertiary/aromatic N) is 6. The fourth-order valence-corrected chi connectivity index (χ4v) is 3.11. The molecule has 0 spiro atoms. The average Bonchev–Trinajstić information content (AvgIpc) is 3.11. The summed E-state index contributed by atoms with van der Waals surface area (Å²) in [5.74, 6) is 1.72. The first kappa shape index (κ1) is 19.2. The van der Waals surface area contributed by atoms with Gasteiger partial charge in [-0.1, -0.05) is 0 Å². The molecule has 144 valence electrons. The number of amides is 1. The highest BCUT2D eigenvalue weighted by molar-refractivity contribution is 5.90. The Bertz CT molecular complexity index is 820. The first-order chi connectivity index (χ1) is 12.8. The van der Waals surface area contributed by atoms with Crippen molar-refractivity contribution in [2.75, 3.05) is 32.1 Å². The zero-order chi connectivity index (χ0) is 19.6. The number of carbonyl (C=O) groups excluding carboxylic acids is 1. The zero-order valence-corrected chi connectivity index (χ0v) is 16.7. The highest BCUT2D eigenvalue weighted by Gasteiger charge is 2.26. The molecule has 2 aromatic heterocycles. The molecule has 0 radical (unpaired) electrons. The number of nitrogens with one attached hydrogen (secondary N) is 1. The van der Waals surface area contributed by atoms with E-state index >= 15 is 0 Å². The second-order valence-electron chi connectivity index (χ2n) is 7.23. The molecule has 1 fully saturated rings. The summed E-state index contributed by atoms with van der Waals surface area (Å²) in [6, 6.07) is 0.356. The smallest absolute Gasteiger partial charge is 0.291 e. The fourth-order valence-electron chi connectivity index (χ4n) is 3.11. The molecule has 1 aliphatic rings. The van der Waals surface area contributed by atoms with Crippen LogP contribution < -0.4 is 10.2 Å². The van der Waals surface area contributed by atoms with Crippen LogP contribution >= 0.6 is 0 Å². The number of anilines is 1. The van der Waals surface area contributed by atoms with Crippen molar-refractivity contribution in [3.8, 4) is 0 Å². The van der Waals surface area contributed by atoms with Crippen molar-refractivity contribution < 1.29 is 4.79 Å². The highest BCUT2D eigenvalue weighted by Crippen LogP contribution is 2.24. The molecule has 1 N–H and O–H groups in total. The van der Waals surface area contributed by atoms with Crippen molar-refractivity contribution in [2.24, 2.45) is 0 Å². The monoisotopic (exact) mass is 369 g/mol. The summed E-state index contributed by atoms with van der Waals surface area (Å²) in [6.45, 7) is 8.31. The summed E-state index contributed by atoms with van der Waals surface area (Å²) >= 11 is 0. The van der Waals surface area contributed by atoms with E-state index in [0.717, 1.165) is 54.5 Å². The van der Waals surface area contributed by atoms with E-state index < -0.39 is 0 Å². The molecule has 1 amide bonds. The summed E-state index contributed by atoms with van der Waals surface area (Å²) in [6.07, 6.45) is 4.74. The van der Waals surface area contributed by atoms with Gasteiger partial charge < -0.3 is 15.1 Å². The molecule has 3 rings (SSSR count). The first-order valence-corrected chi connectivity index (χ1v) is 9.18. The van der Waals surface area contributed by atoms with E-state index in [1.165, 1.54) is 4.90 Å². The lowest BCUT2D eigenvalue weighted by molar-refractivity contribution is 0.0815. The van der Waals surface area contributed by atoms with Gasteiger partial charge in [0.25, 0.3) is 5.91 Å². The Balaban J connectivity index is 1.69. The maximum absolute atomic E-state index is 12.3. The van der Waals surface area contributed by atoms with Crippen LogP contribution in [-0.4, -0.2) is 64.0 Å². The molecule has 0 unspecified atom stereocenters. The molecule has 1 aliphatic heterocycles. The van der Waals surface area contributed by atoms with E-state index in [2.05, 4.69) is 30.2 Å². The van der Waals surface area contributed by atoms with Crippen molar-refractivity contribution in [3.05, 3.63) is 40.9 Å². The molecule has 0 aromatic carbocycles. The van der Waals surface area contributed by atoms with Gasteiger partial charge in [-0.05, 0) is 27.2 Å². The molecule has 0 saturated carbocycles. The third kappa shape index (κ3) is 4.39. The Labute approximate surface area is 160 Å². The Morgan fingerprint density at radius 1 is 1.22 bits per heavy atom. The van der Waals surface area contributed by atoms with Crippen molar-refractivity contribution >= 4 is 11.7 Å². The van der Waals surface area contributed by atoms with Crippen LogP contribution in [0.2, 0.25) is 0 Å². The van der Waals surface area contributed by atoms with Crippen molar-refractivity contribution in [1.82, 2.24) is 30.2 Å². The van der Waals surface area contributed by atoms with Gasteiger partial charge in [0.05, 0.1) is 0 Å². The number of rotatable bonds is 5. The van der Waals surface area contributed by atoms with Gasteiger partial charge in [0.1, 0.15) is 11.6 Å². The molecule has 8 nitrogen and oxygen atoms in total. The Hall–Kier alpha value is -2.61. The minimum absolute atomic E-state index is 0.174. The summed E-state index contributed by atoms with van der Waals surface area (Å²) in [5.41, 5.74) is 2.95. The van der Waals surface area contributed by atoms with Crippen molar-refractivity contribution in [1.29, 1.82) is 0 Å². The van der Waals surface area contributed by atoms with Gasteiger partial charge in [0, 0.05) is 69.0 Å². The topological polar surface area (TPSA) is 87.1 Å². The molecule has 1 saturated heterocycles. The molecular formula is C19H27N7O. The molecule has 0 aliphatic carbocycles. The van der Waals surface area contributed by atoms with Crippen LogP contribution in [0.1, 0.15) is 39.7 Å². The van der Waals surface area contributed by atoms with Gasteiger partial charge in [0.15, 0.2) is 0 Å². The van der Waals surface area contributed by atoms with E-state index in [9.17, 15) is 4.79 Å². The summed E-state index contributed by atoms with van der Waals surface area (Å²) in [5, 5.41) is 3.57. The maximum atomic E-state index is 12.3. The molecule has 8 heteroatoms. The highest BCUT2D eigenvalue weighted by atomic mass is 16.2. The Morgan fingerprint density at radius 2 is 1.93 bits per heavy atom. The lowest BCUT2D eigenvalue weighted by Crippen LogP contribution is -2.33. The van der Waals surface area contributed by atoms with Crippen LogP contribution in [0.3, 0.4) is 0 Å². The Kier molecular flexibility index (Phi) is 5.65. The molecular weight excluding hydrogens is 342 g/mol. The number of aromatic nitrogens is 4. The maximum Gasteiger partial charge on any atom is 0.291 e. The van der Waals surface area contributed by atoms with Gasteiger partial charge in [0.2, 0.25) is 5.82 Å². The van der Waals surface area contributed by atoms with E-state index in [4.69, 9.17) is 0 Å². The van der Waals surface area contributed by atoms with Crippen LogP contribution in [0.15, 0.2) is 12.4 Å². The first-order valence-electron chi connectivity index (χ1n) is 9.18. The van der Waals surface area contributed by atoms with Crippen molar-refractivity contribution in [2.45, 2.75) is 39.8 Å². The lowest BCUT2D eigenvalue weighted by Gasteiger charge is -2.22. The molecule has 2 aromatic rings. The zero-order valence-electron chi connectivity index (χ0n) is 16.7. The molecule has 0 bridgehead atoms. The number of hydrogen-bond acceptors (Lipinski definition) is 7. The van der Waals surface area contributed by atoms with Crippen LogP contribution in [0.4, 0.5) is 5.82 Å². The summed E-state index contributed by atoms with van der Waals surface area (Å²) in [4.78, 5) is 33.4. The van der Waals surface area contributed by atoms with Crippen molar-refractivity contribution in [3.63, 3.8) is 0 Å². The molecule has 3 heterocycles. The second kappa shape index (κ2) is 7.96. The lowest BCUT2D eigenvalue weighted by atomic mass is 10.2. The predicted octanol–water partition coefficient (Wildman–Crippen LogP) is 1.26. The predicted molar refractivity (Wildman–Crippen MR) is 104 cm³/mol. The second-order valence-corrected chi connectivity index (χ2v) is 7.23. The third-order valence-corrected chi connectivity index (χ3v) is 4.88. The average molecular weight is 369 g/mol. The van der Waals surface area contributed by atoms with E-state index in [-0.39, 0.29) is 11.7 Å². The normalized spacial score (nSPS) is 16.6. The van der Waals surface area contributed by atoms with E-state index in [0.29, 0.717) is 6.04 Å². The SMILES string of the molecule is Cc1ncc(CN[C@@H]2CCN(c3nc(C(=O)N(C)C)nc(C)c3C)C2)cn1. The van der Waals surface area contributed by atoms with E-state index in [1.807, 2.05) is 33.2 Å². The van der Waals surface area contributed by atoms with Crippen LogP contribution in [0, 0.1) is 20.8 Å². The minimum Gasteiger partial charge on any atom is -0.355 e. The van der Waals surface area contributed by atoms with Gasteiger partial charge in [-0.25, -0.2) is 19.9 Å². The third-order valence-electron chi connectivity index (χ3n) is 4.88. The van der Waals surface area contributed by atoms with Gasteiger partial charge in [-0.3, -0.25) is 4.79 Å². The quantitative estimate of drug-likeness (QED) is 0.849. The van der Waals surface area contributed by atoms with Gasteiger partial charge in [-0.2, -0.15) is 0 Å². The number of carbonyl (C=O) groups is 1. The van der Waals surface area contributed by atoms with Gasteiger partial charge >= 0.3 is 0 Å². The standard InChI is InChI=1S/C19H27N7O/c1-12-13(2)23-17(19(27)25(4)5)24-18(12)26-7-6-16(11-26)22-10-15-8-20-14(3)21-9-15/h8-9,16,22H,6-7,10-11H2,1-5H3/t16-/m1/s1. The fraction of sp³-hybridized carbons (Fsp3) is 0.526. The molecule has 27 heavy (non-hydrogen) atoms. The van der Waals surface area contributed by atoms with Gasteiger partial charge in [-0.15, -0.1) is 0 Å². The largest absolute Gasteiger partial charge is 0.355 e. The molecule has 1 atom stereocenters.